The van der Waals surface area contributed by atoms with Crippen LogP contribution in [0.3, 0.4) is 0 Å². The van der Waals surface area contributed by atoms with E-state index in [2.05, 4.69) is 29.1 Å². The molecule has 4 nitrogen and oxygen atoms in total. The van der Waals surface area contributed by atoms with Crippen molar-refractivity contribution in [3.05, 3.63) is 69.8 Å². The van der Waals surface area contributed by atoms with E-state index in [4.69, 9.17) is 27.7 Å². The summed E-state index contributed by atoms with van der Waals surface area (Å²) >= 11 is 12.4. The summed E-state index contributed by atoms with van der Waals surface area (Å²) < 4.78 is 18.9. The molecule has 2 aromatic carbocycles. The van der Waals surface area contributed by atoms with Crippen LogP contribution in [0.5, 0.6) is 0 Å². The second-order valence-electron chi connectivity index (χ2n) is 8.56. The molecule has 0 spiro atoms. The van der Waals surface area contributed by atoms with Crippen molar-refractivity contribution in [3.63, 3.8) is 0 Å². The van der Waals surface area contributed by atoms with Gasteiger partial charge >= 0.3 is 0 Å². The molecule has 0 aliphatic heterocycles. The molecule has 0 N–H and O–H groups in total. The monoisotopic (exact) mass is 461 g/mol. The Bertz CT molecular complexity index is 1010. The number of halogens is 3. The zero-order valence-corrected chi connectivity index (χ0v) is 19.2. The minimum absolute atomic E-state index is 0.192. The Morgan fingerprint density at radius 1 is 1.06 bits per heavy atom. The van der Waals surface area contributed by atoms with E-state index in [0.29, 0.717) is 45.2 Å². The SMILES string of the molecule is CN(C)C(c1ccc(F)cc1)C1CCC(Cc2nc(-c3cccc(Cl)c3Cl)no2)CC1. The van der Waals surface area contributed by atoms with Crippen molar-refractivity contribution in [3.8, 4) is 11.4 Å². The van der Waals surface area contributed by atoms with Gasteiger partial charge in [0.2, 0.25) is 11.7 Å². The molecular weight excluding hydrogens is 436 g/mol. The lowest BCUT2D eigenvalue weighted by Crippen LogP contribution is -2.30. The van der Waals surface area contributed by atoms with Gasteiger partial charge in [-0.1, -0.05) is 46.6 Å². The Labute approximate surface area is 192 Å². The minimum atomic E-state index is -0.192. The third-order valence-corrected chi connectivity index (χ3v) is 7.05. The van der Waals surface area contributed by atoms with Crippen LogP contribution in [0.15, 0.2) is 47.0 Å². The first-order valence-electron chi connectivity index (χ1n) is 10.6. The predicted molar refractivity (Wildman–Crippen MR) is 122 cm³/mol. The van der Waals surface area contributed by atoms with E-state index in [1.165, 1.54) is 5.56 Å². The summed E-state index contributed by atoms with van der Waals surface area (Å²) in [5.74, 6) is 1.97. The molecule has 1 aliphatic rings. The Balaban J connectivity index is 1.38. The number of benzene rings is 2. The summed E-state index contributed by atoms with van der Waals surface area (Å²) in [5.41, 5.74) is 1.86. The number of aromatic nitrogens is 2. The fraction of sp³-hybridized carbons (Fsp3) is 0.417. The summed E-state index contributed by atoms with van der Waals surface area (Å²) in [5, 5.41) is 5.01. The lowest BCUT2D eigenvalue weighted by molar-refractivity contribution is 0.146. The first kappa shape index (κ1) is 22.3. The van der Waals surface area contributed by atoms with E-state index < -0.39 is 0 Å². The van der Waals surface area contributed by atoms with Crippen LogP contribution >= 0.6 is 23.2 Å². The van der Waals surface area contributed by atoms with Crippen LogP contribution in [0.25, 0.3) is 11.4 Å². The second-order valence-corrected chi connectivity index (χ2v) is 9.34. The van der Waals surface area contributed by atoms with E-state index in [1.807, 2.05) is 24.3 Å². The first-order chi connectivity index (χ1) is 14.9. The molecule has 31 heavy (non-hydrogen) atoms. The fourth-order valence-corrected chi connectivity index (χ4v) is 5.12. The van der Waals surface area contributed by atoms with Crippen molar-refractivity contribution in [2.45, 2.75) is 38.1 Å². The van der Waals surface area contributed by atoms with Crippen molar-refractivity contribution < 1.29 is 8.91 Å². The maximum absolute atomic E-state index is 13.4. The van der Waals surface area contributed by atoms with Gasteiger partial charge in [-0.2, -0.15) is 4.98 Å². The lowest BCUT2D eigenvalue weighted by atomic mass is 9.75. The zero-order chi connectivity index (χ0) is 22.0. The maximum Gasteiger partial charge on any atom is 0.227 e. The molecule has 4 rings (SSSR count). The van der Waals surface area contributed by atoms with E-state index in [-0.39, 0.29) is 5.82 Å². The molecule has 1 aliphatic carbocycles. The largest absolute Gasteiger partial charge is 0.339 e. The normalized spacial score (nSPS) is 20.2. The van der Waals surface area contributed by atoms with Gasteiger partial charge in [-0.05, 0) is 81.4 Å². The average Bonchev–Trinajstić information content (AvgIpc) is 3.21. The summed E-state index contributed by atoms with van der Waals surface area (Å²) in [7, 11) is 4.20. The van der Waals surface area contributed by atoms with Crippen molar-refractivity contribution in [2.24, 2.45) is 11.8 Å². The van der Waals surface area contributed by atoms with E-state index in [1.54, 1.807) is 18.2 Å². The molecular formula is C24H26Cl2FN3O. The van der Waals surface area contributed by atoms with Gasteiger partial charge in [-0.15, -0.1) is 0 Å². The van der Waals surface area contributed by atoms with Crippen molar-refractivity contribution in [1.29, 1.82) is 0 Å². The molecule has 1 saturated carbocycles. The highest BCUT2D eigenvalue weighted by Crippen LogP contribution is 2.40. The Hall–Kier alpha value is -1.95. The molecule has 1 atom stereocenters. The highest BCUT2D eigenvalue weighted by Gasteiger charge is 2.31. The summed E-state index contributed by atoms with van der Waals surface area (Å²) in [4.78, 5) is 6.80. The molecule has 0 bridgehead atoms. The number of hydrogen-bond acceptors (Lipinski definition) is 4. The van der Waals surface area contributed by atoms with Gasteiger partial charge in [0.25, 0.3) is 0 Å². The predicted octanol–water partition coefficient (Wildman–Crippen LogP) is 6.83. The van der Waals surface area contributed by atoms with Gasteiger partial charge < -0.3 is 9.42 Å². The van der Waals surface area contributed by atoms with Gasteiger partial charge in [0, 0.05) is 18.0 Å². The molecule has 1 heterocycles. The van der Waals surface area contributed by atoms with Crippen LogP contribution in [0.1, 0.15) is 43.2 Å². The third kappa shape index (κ3) is 5.11. The van der Waals surface area contributed by atoms with Crippen LogP contribution in [-0.4, -0.2) is 29.1 Å². The Morgan fingerprint density at radius 2 is 1.77 bits per heavy atom. The quantitative estimate of drug-likeness (QED) is 0.403. The standard InChI is InChI=1S/C24H26Cl2FN3O/c1-30(2)23(17-10-12-18(27)13-11-17)16-8-6-15(7-9-16)14-21-28-24(29-31-21)19-4-3-5-20(25)22(19)26/h3-5,10-13,15-16,23H,6-9,14H2,1-2H3. The van der Waals surface area contributed by atoms with Gasteiger partial charge in [0.15, 0.2) is 0 Å². The molecule has 0 amide bonds. The highest BCUT2D eigenvalue weighted by molar-refractivity contribution is 6.43. The first-order valence-corrected chi connectivity index (χ1v) is 11.4. The van der Waals surface area contributed by atoms with E-state index in [0.717, 1.165) is 32.1 Å². The van der Waals surface area contributed by atoms with Crippen molar-refractivity contribution in [2.75, 3.05) is 14.1 Å². The Morgan fingerprint density at radius 3 is 2.45 bits per heavy atom. The highest BCUT2D eigenvalue weighted by atomic mass is 35.5. The summed E-state index contributed by atoms with van der Waals surface area (Å²) in [6.07, 6.45) is 5.21. The van der Waals surface area contributed by atoms with Crippen molar-refractivity contribution >= 4 is 23.2 Å². The molecule has 1 unspecified atom stereocenters. The molecule has 164 valence electrons. The number of hydrogen-bond donors (Lipinski definition) is 0. The van der Waals surface area contributed by atoms with Crippen LogP contribution in [0.2, 0.25) is 10.0 Å². The van der Waals surface area contributed by atoms with Crippen LogP contribution in [0.4, 0.5) is 4.39 Å². The molecule has 0 saturated heterocycles. The van der Waals surface area contributed by atoms with Crippen LogP contribution < -0.4 is 0 Å². The number of rotatable bonds is 6. The van der Waals surface area contributed by atoms with Crippen LogP contribution in [0, 0.1) is 17.7 Å². The maximum atomic E-state index is 13.4. The van der Waals surface area contributed by atoms with Crippen LogP contribution in [-0.2, 0) is 6.42 Å². The summed E-state index contributed by atoms with van der Waals surface area (Å²) in [6, 6.07) is 12.6. The van der Waals surface area contributed by atoms with Crippen molar-refractivity contribution in [1.82, 2.24) is 15.0 Å². The lowest BCUT2D eigenvalue weighted by Gasteiger charge is -2.37. The third-order valence-electron chi connectivity index (χ3n) is 6.23. The fourth-order valence-electron chi connectivity index (χ4n) is 4.73. The van der Waals surface area contributed by atoms with E-state index in [9.17, 15) is 4.39 Å². The molecule has 7 heteroatoms. The molecule has 1 fully saturated rings. The Kier molecular flexibility index (Phi) is 6.95. The minimum Gasteiger partial charge on any atom is -0.339 e. The van der Waals surface area contributed by atoms with Gasteiger partial charge in [-0.3, -0.25) is 0 Å². The molecule has 0 radical (unpaired) electrons. The molecule has 3 aromatic rings. The smallest absolute Gasteiger partial charge is 0.227 e. The number of nitrogens with zero attached hydrogens (tertiary/aromatic N) is 3. The average molecular weight is 462 g/mol. The summed E-state index contributed by atoms with van der Waals surface area (Å²) in [6.45, 7) is 0. The van der Waals surface area contributed by atoms with E-state index >= 15 is 0 Å². The van der Waals surface area contributed by atoms with Gasteiger partial charge in [0.1, 0.15) is 5.82 Å². The second kappa shape index (κ2) is 9.68. The van der Waals surface area contributed by atoms with Gasteiger partial charge in [0.05, 0.1) is 10.0 Å². The van der Waals surface area contributed by atoms with Gasteiger partial charge in [-0.25, -0.2) is 4.39 Å². The zero-order valence-electron chi connectivity index (χ0n) is 17.7. The topological polar surface area (TPSA) is 42.2 Å². The molecule has 1 aromatic heterocycles.